The zero-order valence-corrected chi connectivity index (χ0v) is 9.26. The monoisotopic (exact) mass is 219 g/mol. The largest absolute Gasteiger partial charge is 0.457 e. The quantitative estimate of drug-likeness (QED) is 0.619. The average molecular weight is 219 g/mol. The van der Waals surface area contributed by atoms with Crippen LogP contribution in [0.1, 0.15) is 0 Å². The van der Waals surface area contributed by atoms with Gasteiger partial charge in [0.2, 0.25) is 0 Å². The summed E-state index contributed by atoms with van der Waals surface area (Å²) < 4.78 is 5.77. The lowest BCUT2D eigenvalue weighted by molar-refractivity contribution is 0.483. The van der Waals surface area contributed by atoms with E-state index < -0.39 is 0 Å². The summed E-state index contributed by atoms with van der Waals surface area (Å²) in [5, 5.41) is 2.24. The Morgan fingerprint density at radius 3 is 2.53 bits per heavy atom. The molecule has 0 aliphatic rings. The SMILES string of the molecule is [c]1cccc2cc(Oc3ccccc3)ccc12. The van der Waals surface area contributed by atoms with Gasteiger partial charge >= 0.3 is 0 Å². The van der Waals surface area contributed by atoms with Gasteiger partial charge in [0, 0.05) is 0 Å². The summed E-state index contributed by atoms with van der Waals surface area (Å²) in [5.74, 6) is 1.70. The topological polar surface area (TPSA) is 9.23 Å². The third-order valence-corrected chi connectivity index (χ3v) is 2.61. The fourth-order valence-electron chi connectivity index (χ4n) is 1.79. The fraction of sp³-hybridized carbons (Fsp3) is 0. The fourth-order valence-corrected chi connectivity index (χ4v) is 1.79. The summed E-state index contributed by atoms with van der Waals surface area (Å²) >= 11 is 0. The van der Waals surface area contributed by atoms with Crippen LogP contribution in [0.2, 0.25) is 0 Å². The number of fused-ring (bicyclic) bond motifs is 1. The van der Waals surface area contributed by atoms with E-state index in [4.69, 9.17) is 4.74 Å². The Morgan fingerprint density at radius 2 is 1.65 bits per heavy atom. The summed E-state index contributed by atoms with van der Waals surface area (Å²) in [7, 11) is 0. The van der Waals surface area contributed by atoms with E-state index in [1.165, 1.54) is 0 Å². The van der Waals surface area contributed by atoms with Gasteiger partial charge in [-0.1, -0.05) is 42.5 Å². The summed E-state index contributed by atoms with van der Waals surface area (Å²) in [6, 6.07) is 24.9. The van der Waals surface area contributed by atoms with Gasteiger partial charge in [0.25, 0.3) is 0 Å². The van der Waals surface area contributed by atoms with Crippen LogP contribution < -0.4 is 4.74 Å². The van der Waals surface area contributed by atoms with E-state index in [0.717, 1.165) is 22.3 Å². The highest BCUT2D eigenvalue weighted by molar-refractivity contribution is 5.83. The predicted octanol–water partition coefficient (Wildman–Crippen LogP) is 4.43. The molecule has 1 nitrogen and oxygen atoms in total. The highest BCUT2D eigenvalue weighted by atomic mass is 16.5. The third-order valence-electron chi connectivity index (χ3n) is 2.61. The maximum atomic E-state index is 5.77. The Labute approximate surface area is 100 Å². The van der Waals surface area contributed by atoms with Crippen molar-refractivity contribution < 1.29 is 4.74 Å². The van der Waals surface area contributed by atoms with Crippen LogP contribution in [0.25, 0.3) is 10.8 Å². The second-order valence-electron chi connectivity index (χ2n) is 3.83. The van der Waals surface area contributed by atoms with E-state index in [-0.39, 0.29) is 0 Å². The molecule has 0 bridgehead atoms. The maximum absolute atomic E-state index is 5.77. The number of ether oxygens (including phenoxy) is 1. The zero-order valence-electron chi connectivity index (χ0n) is 9.26. The van der Waals surface area contributed by atoms with E-state index >= 15 is 0 Å². The number of benzene rings is 3. The molecule has 0 heterocycles. The van der Waals surface area contributed by atoms with Crippen LogP contribution >= 0.6 is 0 Å². The summed E-state index contributed by atoms with van der Waals surface area (Å²) in [6.07, 6.45) is 0. The van der Waals surface area contributed by atoms with Crippen molar-refractivity contribution in [2.75, 3.05) is 0 Å². The zero-order chi connectivity index (χ0) is 11.5. The molecule has 1 heteroatoms. The summed E-state index contributed by atoms with van der Waals surface area (Å²) in [5.41, 5.74) is 0. The molecule has 3 rings (SSSR count). The molecule has 0 saturated heterocycles. The minimum absolute atomic E-state index is 0.850. The van der Waals surface area contributed by atoms with E-state index in [0.29, 0.717) is 0 Å². The molecule has 0 aliphatic carbocycles. The van der Waals surface area contributed by atoms with E-state index in [1.807, 2.05) is 60.7 Å². The predicted molar refractivity (Wildman–Crippen MR) is 69.3 cm³/mol. The van der Waals surface area contributed by atoms with Gasteiger partial charge in [-0.05, 0) is 41.1 Å². The van der Waals surface area contributed by atoms with Gasteiger partial charge < -0.3 is 4.74 Å². The van der Waals surface area contributed by atoms with Crippen molar-refractivity contribution in [3.05, 3.63) is 72.8 Å². The lowest BCUT2D eigenvalue weighted by atomic mass is 10.1. The van der Waals surface area contributed by atoms with Gasteiger partial charge in [-0.15, -0.1) is 0 Å². The Hall–Kier alpha value is -2.28. The number of rotatable bonds is 2. The highest BCUT2D eigenvalue weighted by Crippen LogP contribution is 2.24. The maximum Gasteiger partial charge on any atom is 0.128 e. The van der Waals surface area contributed by atoms with Crippen LogP contribution in [0.5, 0.6) is 11.5 Å². The van der Waals surface area contributed by atoms with Crippen molar-refractivity contribution in [3.63, 3.8) is 0 Å². The molecule has 0 spiro atoms. The molecule has 0 N–H and O–H groups in total. The summed E-state index contributed by atoms with van der Waals surface area (Å²) in [4.78, 5) is 0. The van der Waals surface area contributed by atoms with Gasteiger partial charge in [-0.3, -0.25) is 0 Å². The van der Waals surface area contributed by atoms with Crippen LogP contribution in [-0.4, -0.2) is 0 Å². The molecule has 0 saturated carbocycles. The molecule has 0 fully saturated rings. The lowest BCUT2D eigenvalue weighted by Crippen LogP contribution is -1.83. The van der Waals surface area contributed by atoms with Gasteiger partial charge in [0.15, 0.2) is 0 Å². The van der Waals surface area contributed by atoms with Crippen LogP contribution in [0.15, 0.2) is 66.7 Å². The molecule has 0 atom stereocenters. The number of hydrogen-bond acceptors (Lipinski definition) is 1. The van der Waals surface area contributed by atoms with Crippen molar-refractivity contribution in [1.29, 1.82) is 0 Å². The normalized spacial score (nSPS) is 10.4. The molecule has 0 aliphatic heterocycles. The molecule has 0 unspecified atom stereocenters. The Balaban J connectivity index is 1.96. The lowest BCUT2D eigenvalue weighted by Gasteiger charge is -2.06. The van der Waals surface area contributed by atoms with Gasteiger partial charge in [0.1, 0.15) is 11.5 Å². The first-order valence-corrected chi connectivity index (χ1v) is 5.55. The second kappa shape index (κ2) is 4.30. The molecule has 3 aromatic carbocycles. The summed E-state index contributed by atoms with van der Waals surface area (Å²) in [6.45, 7) is 0. The van der Waals surface area contributed by atoms with Crippen molar-refractivity contribution in [3.8, 4) is 11.5 Å². The highest BCUT2D eigenvalue weighted by Gasteiger charge is 1.98. The van der Waals surface area contributed by atoms with E-state index in [2.05, 4.69) is 12.1 Å². The van der Waals surface area contributed by atoms with Gasteiger partial charge in [0.05, 0.1) is 0 Å². The third kappa shape index (κ3) is 2.13. The first-order chi connectivity index (χ1) is 8.42. The molecular formula is C16H11O. The van der Waals surface area contributed by atoms with Crippen LogP contribution in [0.4, 0.5) is 0 Å². The van der Waals surface area contributed by atoms with Crippen LogP contribution in [-0.2, 0) is 0 Å². The van der Waals surface area contributed by atoms with Crippen LogP contribution in [0, 0.1) is 6.07 Å². The molecule has 1 radical (unpaired) electrons. The first-order valence-electron chi connectivity index (χ1n) is 5.55. The Morgan fingerprint density at radius 1 is 0.765 bits per heavy atom. The number of hydrogen-bond donors (Lipinski definition) is 0. The van der Waals surface area contributed by atoms with Crippen molar-refractivity contribution in [1.82, 2.24) is 0 Å². The minimum atomic E-state index is 0.850. The van der Waals surface area contributed by atoms with Gasteiger partial charge in [-0.25, -0.2) is 0 Å². The smallest absolute Gasteiger partial charge is 0.128 e. The molecule has 17 heavy (non-hydrogen) atoms. The van der Waals surface area contributed by atoms with Crippen molar-refractivity contribution >= 4 is 10.8 Å². The minimum Gasteiger partial charge on any atom is -0.457 e. The first kappa shape index (κ1) is 9.91. The van der Waals surface area contributed by atoms with Crippen molar-refractivity contribution in [2.24, 2.45) is 0 Å². The molecule has 0 amide bonds. The molecule has 81 valence electrons. The van der Waals surface area contributed by atoms with E-state index in [9.17, 15) is 0 Å². The molecular weight excluding hydrogens is 208 g/mol. The Bertz CT molecular complexity index is 629. The van der Waals surface area contributed by atoms with E-state index in [1.54, 1.807) is 0 Å². The van der Waals surface area contributed by atoms with Gasteiger partial charge in [-0.2, -0.15) is 0 Å². The number of para-hydroxylation sites is 1. The Kier molecular flexibility index (Phi) is 2.51. The second-order valence-corrected chi connectivity index (χ2v) is 3.83. The standard InChI is InChI=1S/C16H11O/c1-2-8-15(9-3-1)17-16-11-10-13-6-4-5-7-14(13)12-16/h1-5,7-12H. The van der Waals surface area contributed by atoms with Crippen LogP contribution in [0.3, 0.4) is 0 Å². The van der Waals surface area contributed by atoms with Crippen molar-refractivity contribution in [2.45, 2.75) is 0 Å². The average Bonchev–Trinajstić information content (AvgIpc) is 2.40. The molecule has 3 aromatic rings. The molecule has 0 aromatic heterocycles.